The lowest BCUT2D eigenvalue weighted by Crippen LogP contribution is -2.45. The van der Waals surface area contributed by atoms with Crippen LogP contribution < -0.4 is 4.90 Å². The number of anilines is 1. The van der Waals surface area contributed by atoms with E-state index in [0.29, 0.717) is 12.5 Å². The minimum absolute atomic E-state index is 0.00454. The highest BCUT2D eigenvalue weighted by Crippen LogP contribution is 2.33. The predicted molar refractivity (Wildman–Crippen MR) is 77.3 cm³/mol. The van der Waals surface area contributed by atoms with E-state index >= 15 is 0 Å². The van der Waals surface area contributed by atoms with Crippen LogP contribution in [0.15, 0.2) is 30.3 Å². The van der Waals surface area contributed by atoms with Gasteiger partial charge in [-0.1, -0.05) is 44.2 Å². The van der Waals surface area contributed by atoms with Crippen molar-refractivity contribution in [2.24, 2.45) is 5.41 Å². The molecule has 2 aromatic rings. The van der Waals surface area contributed by atoms with E-state index in [2.05, 4.69) is 24.0 Å². The van der Waals surface area contributed by atoms with Crippen molar-refractivity contribution in [2.75, 3.05) is 11.4 Å². The van der Waals surface area contributed by atoms with Gasteiger partial charge in [0.25, 0.3) is 0 Å². The molecule has 1 aromatic heterocycles. The van der Waals surface area contributed by atoms with Gasteiger partial charge >= 0.3 is 0 Å². The summed E-state index contributed by atoms with van der Waals surface area (Å²) in [5.74, 6) is 1.47. The molecular weight excluding hydrogens is 252 g/mol. The zero-order chi connectivity index (χ0) is 14.3. The average molecular weight is 270 g/mol. The predicted octanol–water partition coefficient (Wildman–Crippen LogP) is 2.34. The van der Waals surface area contributed by atoms with Crippen molar-refractivity contribution in [2.45, 2.75) is 27.3 Å². The molecule has 0 bridgehead atoms. The molecule has 0 saturated carbocycles. The molecule has 1 aromatic carbocycles. The Balaban J connectivity index is 2.13. The number of carbonyl (C=O) groups is 1. The molecule has 5 nitrogen and oxygen atoms in total. The summed E-state index contributed by atoms with van der Waals surface area (Å²) in [5.41, 5.74) is 1.03. The van der Waals surface area contributed by atoms with E-state index in [4.69, 9.17) is 0 Å². The fourth-order valence-corrected chi connectivity index (χ4v) is 2.67. The maximum atomic E-state index is 11.8. The Kier molecular flexibility index (Phi) is 2.85. The lowest BCUT2D eigenvalue weighted by molar-refractivity contribution is -0.117. The lowest BCUT2D eigenvalue weighted by atomic mass is 9.91. The SMILES string of the molecule is CC(=O)N1CC(C)(C)Cn2c(-c3ccccc3)nnc21. The van der Waals surface area contributed by atoms with Crippen molar-refractivity contribution < 1.29 is 4.79 Å². The minimum Gasteiger partial charge on any atom is -0.292 e. The molecule has 1 aliphatic heterocycles. The summed E-state index contributed by atoms with van der Waals surface area (Å²) in [5, 5.41) is 8.50. The van der Waals surface area contributed by atoms with Gasteiger partial charge in [0, 0.05) is 31.0 Å². The fourth-order valence-electron chi connectivity index (χ4n) is 2.67. The van der Waals surface area contributed by atoms with Crippen LogP contribution in [0.3, 0.4) is 0 Å². The highest BCUT2D eigenvalue weighted by molar-refractivity contribution is 5.90. The maximum absolute atomic E-state index is 11.8. The summed E-state index contributed by atoms with van der Waals surface area (Å²) in [6, 6.07) is 9.96. The number of nitrogens with zero attached hydrogens (tertiary/aromatic N) is 4. The highest BCUT2D eigenvalue weighted by Gasteiger charge is 2.35. The Bertz CT molecular complexity index is 645. The number of aromatic nitrogens is 3. The minimum atomic E-state index is 0.00454. The Hall–Kier alpha value is -2.17. The normalized spacial score (nSPS) is 16.9. The molecule has 0 N–H and O–H groups in total. The number of rotatable bonds is 1. The Morgan fingerprint density at radius 3 is 2.50 bits per heavy atom. The molecule has 1 amide bonds. The van der Waals surface area contributed by atoms with Crippen LogP contribution in [-0.2, 0) is 11.3 Å². The van der Waals surface area contributed by atoms with E-state index < -0.39 is 0 Å². The summed E-state index contributed by atoms with van der Waals surface area (Å²) >= 11 is 0. The van der Waals surface area contributed by atoms with E-state index in [1.165, 1.54) is 0 Å². The number of carbonyl (C=O) groups excluding carboxylic acids is 1. The lowest BCUT2D eigenvalue weighted by Gasteiger charge is -2.37. The van der Waals surface area contributed by atoms with E-state index in [0.717, 1.165) is 17.9 Å². The summed E-state index contributed by atoms with van der Waals surface area (Å²) in [7, 11) is 0. The summed E-state index contributed by atoms with van der Waals surface area (Å²) in [4.78, 5) is 13.6. The van der Waals surface area contributed by atoms with Crippen LogP contribution in [0.1, 0.15) is 20.8 Å². The van der Waals surface area contributed by atoms with Gasteiger partial charge in [0.1, 0.15) is 0 Å². The number of fused-ring (bicyclic) bond motifs is 1. The van der Waals surface area contributed by atoms with Crippen molar-refractivity contribution in [3.05, 3.63) is 30.3 Å². The van der Waals surface area contributed by atoms with E-state index in [-0.39, 0.29) is 11.3 Å². The van der Waals surface area contributed by atoms with Gasteiger partial charge in [0.2, 0.25) is 11.9 Å². The standard InChI is InChI=1S/C15H18N4O/c1-11(20)18-9-15(2,3)10-19-13(16-17-14(18)19)12-7-5-4-6-8-12/h4-8H,9-10H2,1-3H3. The van der Waals surface area contributed by atoms with Crippen molar-refractivity contribution in [1.82, 2.24) is 14.8 Å². The molecule has 0 fully saturated rings. The maximum Gasteiger partial charge on any atom is 0.234 e. The largest absolute Gasteiger partial charge is 0.292 e. The molecular formula is C15H18N4O. The van der Waals surface area contributed by atoms with Gasteiger partial charge in [-0.15, -0.1) is 10.2 Å². The Morgan fingerprint density at radius 2 is 1.85 bits per heavy atom. The third kappa shape index (κ3) is 2.09. The van der Waals surface area contributed by atoms with E-state index in [9.17, 15) is 4.79 Å². The monoisotopic (exact) mass is 270 g/mol. The smallest absolute Gasteiger partial charge is 0.234 e. The number of hydrogen-bond donors (Lipinski definition) is 0. The van der Waals surface area contributed by atoms with Crippen LogP contribution in [0.25, 0.3) is 11.4 Å². The third-order valence-corrected chi connectivity index (χ3v) is 3.56. The van der Waals surface area contributed by atoms with Crippen LogP contribution in [-0.4, -0.2) is 27.2 Å². The van der Waals surface area contributed by atoms with Crippen LogP contribution in [0.5, 0.6) is 0 Å². The van der Waals surface area contributed by atoms with E-state index in [1.807, 2.05) is 34.9 Å². The van der Waals surface area contributed by atoms with Gasteiger partial charge in [-0.3, -0.25) is 14.3 Å². The molecule has 0 radical (unpaired) electrons. The van der Waals surface area contributed by atoms with Gasteiger partial charge in [-0.05, 0) is 0 Å². The molecule has 20 heavy (non-hydrogen) atoms. The van der Waals surface area contributed by atoms with Crippen molar-refractivity contribution >= 4 is 11.9 Å². The second-order valence-corrected chi connectivity index (χ2v) is 6.05. The molecule has 104 valence electrons. The molecule has 1 aliphatic rings. The Morgan fingerprint density at radius 1 is 1.15 bits per heavy atom. The zero-order valence-electron chi connectivity index (χ0n) is 12.0. The van der Waals surface area contributed by atoms with Gasteiger partial charge in [0.15, 0.2) is 5.82 Å². The average Bonchev–Trinajstić information content (AvgIpc) is 2.80. The first-order chi connectivity index (χ1) is 9.48. The number of hydrogen-bond acceptors (Lipinski definition) is 3. The van der Waals surface area contributed by atoms with E-state index in [1.54, 1.807) is 11.8 Å². The van der Waals surface area contributed by atoms with Gasteiger partial charge in [-0.25, -0.2) is 0 Å². The molecule has 0 aliphatic carbocycles. The number of benzene rings is 1. The molecule has 0 atom stereocenters. The number of amides is 1. The second kappa shape index (κ2) is 4.44. The summed E-state index contributed by atoms with van der Waals surface area (Å²) in [6.07, 6.45) is 0. The zero-order valence-corrected chi connectivity index (χ0v) is 12.0. The summed E-state index contributed by atoms with van der Waals surface area (Å²) < 4.78 is 2.04. The van der Waals surface area contributed by atoms with Crippen LogP contribution in [0, 0.1) is 5.41 Å². The molecule has 0 unspecified atom stereocenters. The molecule has 3 rings (SSSR count). The van der Waals surface area contributed by atoms with Crippen molar-refractivity contribution in [1.29, 1.82) is 0 Å². The molecule has 0 saturated heterocycles. The first-order valence-electron chi connectivity index (χ1n) is 6.75. The Labute approximate surface area is 118 Å². The van der Waals surface area contributed by atoms with Gasteiger partial charge < -0.3 is 0 Å². The van der Waals surface area contributed by atoms with Crippen LogP contribution >= 0.6 is 0 Å². The van der Waals surface area contributed by atoms with Crippen molar-refractivity contribution in [3.8, 4) is 11.4 Å². The summed E-state index contributed by atoms with van der Waals surface area (Å²) in [6.45, 7) is 7.36. The molecule has 5 heteroatoms. The first-order valence-corrected chi connectivity index (χ1v) is 6.75. The topological polar surface area (TPSA) is 51.0 Å². The highest BCUT2D eigenvalue weighted by atomic mass is 16.2. The second-order valence-electron chi connectivity index (χ2n) is 6.05. The van der Waals surface area contributed by atoms with Gasteiger partial charge in [-0.2, -0.15) is 0 Å². The molecule has 0 spiro atoms. The van der Waals surface area contributed by atoms with Crippen LogP contribution in [0.2, 0.25) is 0 Å². The fraction of sp³-hybridized carbons (Fsp3) is 0.400. The van der Waals surface area contributed by atoms with Crippen LogP contribution in [0.4, 0.5) is 5.95 Å². The third-order valence-electron chi connectivity index (χ3n) is 3.56. The quantitative estimate of drug-likeness (QED) is 0.799. The molecule has 2 heterocycles. The van der Waals surface area contributed by atoms with Gasteiger partial charge in [0.05, 0.1) is 0 Å². The van der Waals surface area contributed by atoms with Crippen molar-refractivity contribution in [3.63, 3.8) is 0 Å². The first kappa shape index (κ1) is 12.8.